The highest BCUT2D eigenvalue weighted by molar-refractivity contribution is 5.77. The van der Waals surface area contributed by atoms with Crippen LogP contribution < -0.4 is 10.6 Å². The predicted octanol–water partition coefficient (Wildman–Crippen LogP) is -0.763. The summed E-state index contributed by atoms with van der Waals surface area (Å²) in [5, 5.41) is 14.4. The fourth-order valence-corrected chi connectivity index (χ4v) is 1.20. The van der Waals surface area contributed by atoms with Crippen LogP contribution in [0.1, 0.15) is 19.3 Å². The first kappa shape index (κ1) is 9.48. The molecule has 2 fully saturated rings. The third-order valence-electron chi connectivity index (χ3n) is 1.94. The first-order valence-corrected chi connectivity index (χ1v) is 4.44. The molecule has 3 N–H and O–H groups in total. The zero-order chi connectivity index (χ0) is 8.81. The Morgan fingerprint density at radius 1 is 1.42 bits per heavy atom. The molecule has 1 amide bonds. The molecule has 2 aliphatic rings. The molecule has 1 unspecified atom stereocenters. The van der Waals surface area contributed by atoms with Crippen molar-refractivity contribution >= 4 is 5.91 Å². The highest BCUT2D eigenvalue weighted by Gasteiger charge is 2.08. The maximum Gasteiger partial charge on any atom is 0.220 e. The van der Waals surface area contributed by atoms with E-state index in [0.29, 0.717) is 0 Å². The van der Waals surface area contributed by atoms with Gasteiger partial charge in [0.25, 0.3) is 0 Å². The zero-order valence-electron chi connectivity index (χ0n) is 7.18. The molecule has 0 aromatic heterocycles. The maximum absolute atomic E-state index is 10.1. The van der Waals surface area contributed by atoms with Gasteiger partial charge in [-0.2, -0.15) is 0 Å². The minimum atomic E-state index is -0.0648. The van der Waals surface area contributed by atoms with E-state index in [0.717, 1.165) is 38.9 Å². The first-order valence-electron chi connectivity index (χ1n) is 4.44. The zero-order valence-corrected chi connectivity index (χ0v) is 7.18. The number of aliphatic hydroxyl groups excluding tert-OH is 1. The van der Waals surface area contributed by atoms with Crippen molar-refractivity contribution in [3.05, 3.63) is 0 Å². The van der Waals surface area contributed by atoms with Crippen molar-refractivity contribution in [3.63, 3.8) is 0 Å². The van der Waals surface area contributed by atoms with Gasteiger partial charge in [0.05, 0.1) is 6.10 Å². The van der Waals surface area contributed by atoms with Gasteiger partial charge in [0.15, 0.2) is 0 Å². The summed E-state index contributed by atoms with van der Waals surface area (Å²) < 4.78 is 0. The van der Waals surface area contributed by atoms with Crippen LogP contribution in [0.2, 0.25) is 0 Å². The third-order valence-corrected chi connectivity index (χ3v) is 1.94. The molecule has 0 saturated carbocycles. The Bertz CT molecular complexity index is 136. The minimum absolute atomic E-state index is 0.0648. The van der Waals surface area contributed by atoms with Gasteiger partial charge in [-0.1, -0.05) is 0 Å². The number of hydrogen-bond donors (Lipinski definition) is 3. The van der Waals surface area contributed by atoms with E-state index in [4.69, 9.17) is 5.11 Å². The Hall–Kier alpha value is -0.610. The van der Waals surface area contributed by atoms with Crippen LogP contribution >= 0.6 is 0 Å². The second-order valence-corrected chi connectivity index (χ2v) is 3.10. The maximum atomic E-state index is 10.1. The van der Waals surface area contributed by atoms with Crippen molar-refractivity contribution in [1.29, 1.82) is 0 Å². The van der Waals surface area contributed by atoms with Gasteiger partial charge in [-0.15, -0.1) is 0 Å². The lowest BCUT2D eigenvalue weighted by Crippen LogP contribution is -2.12. The van der Waals surface area contributed by atoms with E-state index >= 15 is 0 Å². The average molecular weight is 172 g/mol. The molecule has 1 atom stereocenters. The smallest absolute Gasteiger partial charge is 0.220 e. The molecule has 0 radical (unpaired) electrons. The van der Waals surface area contributed by atoms with Gasteiger partial charge >= 0.3 is 0 Å². The summed E-state index contributed by atoms with van der Waals surface area (Å²) in [5.41, 5.74) is 0. The van der Waals surface area contributed by atoms with Gasteiger partial charge in [0.1, 0.15) is 0 Å². The summed E-state index contributed by atoms with van der Waals surface area (Å²) in [6.45, 7) is 2.67. The van der Waals surface area contributed by atoms with E-state index in [9.17, 15) is 4.79 Å². The van der Waals surface area contributed by atoms with Crippen LogP contribution in [0.4, 0.5) is 0 Å². The van der Waals surface area contributed by atoms with Crippen molar-refractivity contribution < 1.29 is 9.90 Å². The third kappa shape index (κ3) is 3.69. The van der Waals surface area contributed by atoms with Crippen molar-refractivity contribution in [3.8, 4) is 0 Å². The second-order valence-electron chi connectivity index (χ2n) is 3.10. The molecular weight excluding hydrogens is 156 g/mol. The highest BCUT2D eigenvalue weighted by atomic mass is 16.3. The first-order chi connectivity index (χ1) is 5.79. The molecule has 2 saturated heterocycles. The Balaban J connectivity index is 0.000000120. The van der Waals surface area contributed by atoms with E-state index in [1.54, 1.807) is 0 Å². The van der Waals surface area contributed by atoms with Crippen molar-refractivity contribution in [2.75, 3.05) is 19.6 Å². The molecule has 2 aliphatic heterocycles. The van der Waals surface area contributed by atoms with Crippen LogP contribution in [0.25, 0.3) is 0 Å². The van der Waals surface area contributed by atoms with Crippen molar-refractivity contribution in [2.24, 2.45) is 0 Å². The SMILES string of the molecule is O=C1CCCN1.OC1CCNC1. The van der Waals surface area contributed by atoms with E-state index < -0.39 is 0 Å². The van der Waals surface area contributed by atoms with Gasteiger partial charge in [-0.05, 0) is 19.4 Å². The summed E-state index contributed by atoms with van der Waals surface area (Å²) in [6, 6.07) is 0. The average Bonchev–Trinajstić information content (AvgIpc) is 2.63. The number of aliphatic hydroxyl groups is 1. The summed E-state index contributed by atoms with van der Waals surface area (Å²) in [4.78, 5) is 10.1. The molecule has 12 heavy (non-hydrogen) atoms. The summed E-state index contributed by atoms with van der Waals surface area (Å²) in [5.74, 6) is 0.204. The Morgan fingerprint density at radius 3 is 2.42 bits per heavy atom. The lowest BCUT2D eigenvalue weighted by Gasteiger charge is -1.90. The van der Waals surface area contributed by atoms with Crippen LogP contribution in [0, 0.1) is 0 Å². The van der Waals surface area contributed by atoms with E-state index in [1.165, 1.54) is 0 Å². The molecule has 70 valence electrons. The van der Waals surface area contributed by atoms with Crippen LogP contribution in [0.3, 0.4) is 0 Å². The molecule has 0 bridgehead atoms. The largest absolute Gasteiger partial charge is 0.392 e. The Labute approximate surface area is 72.3 Å². The summed E-state index contributed by atoms with van der Waals surface area (Å²) in [7, 11) is 0. The lowest BCUT2D eigenvalue weighted by atomic mass is 10.3. The summed E-state index contributed by atoms with van der Waals surface area (Å²) >= 11 is 0. The molecule has 0 aliphatic carbocycles. The molecule has 0 aromatic rings. The van der Waals surface area contributed by atoms with E-state index in [-0.39, 0.29) is 12.0 Å². The number of hydrogen-bond acceptors (Lipinski definition) is 3. The van der Waals surface area contributed by atoms with Crippen LogP contribution in [0.15, 0.2) is 0 Å². The molecule has 0 spiro atoms. The van der Waals surface area contributed by atoms with Crippen LogP contribution in [-0.2, 0) is 4.79 Å². The van der Waals surface area contributed by atoms with Crippen molar-refractivity contribution in [2.45, 2.75) is 25.4 Å². The molecule has 2 rings (SSSR count). The molecule has 2 heterocycles. The number of nitrogens with one attached hydrogen (secondary N) is 2. The van der Waals surface area contributed by atoms with E-state index in [2.05, 4.69) is 10.6 Å². The summed E-state index contributed by atoms with van der Waals surface area (Å²) in [6.07, 6.45) is 2.63. The standard InChI is InChI=1S/C4H9NO.C4H7NO/c6-4-1-2-5-3-4;6-4-2-1-3-5-4/h4-6H,1-3H2;1-3H2,(H,5,6). The van der Waals surface area contributed by atoms with Gasteiger partial charge in [-0.25, -0.2) is 0 Å². The predicted molar refractivity (Wildman–Crippen MR) is 45.7 cm³/mol. The van der Waals surface area contributed by atoms with Gasteiger partial charge < -0.3 is 15.7 Å². The molecular formula is C8H16N2O2. The number of β-amino-alcohol motifs (C(OH)–C–C–N with tert-alkyl or cyclic N) is 1. The number of carbonyl (C=O) groups is 1. The van der Waals surface area contributed by atoms with Crippen LogP contribution in [0.5, 0.6) is 0 Å². The van der Waals surface area contributed by atoms with E-state index in [1.807, 2.05) is 0 Å². The molecule has 4 nitrogen and oxygen atoms in total. The van der Waals surface area contributed by atoms with Gasteiger partial charge in [-0.3, -0.25) is 4.79 Å². The molecule has 0 aromatic carbocycles. The van der Waals surface area contributed by atoms with Crippen molar-refractivity contribution in [1.82, 2.24) is 10.6 Å². The topological polar surface area (TPSA) is 61.4 Å². The molecule has 4 heteroatoms. The Kier molecular flexibility index (Phi) is 4.04. The fraction of sp³-hybridized carbons (Fsp3) is 0.875. The normalized spacial score (nSPS) is 27.8. The number of rotatable bonds is 0. The van der Waals surface area contributed by atoms with Gasteiger partial charge in [0, 0.05) is 19.5 Å². The monoisotopic (exact) mass is 172 g/mol. The minimum Gasteiger partial charge on any atom is -0.392 e. The van der Waals surface area contributed by atoms with Crippen LogP contribution in [-0.4, -0.2) is 36.8 Å². The number of carbonyl (C=O) groups excluding carboxylic acids is 1. The quantitative estimate of drug-likeness (QED) is 0.450. The van der Waals surface area contributed by atoms with Gasteiger partial charge in [0.2, 0.25) is 5.91 Å². The highest BCUT2D eigenvalue weighted by Crippen LogP contribution is 1.93. The fourth-order valence-electron chi connectivity index (χ4n) is 1.20. The lowest BCUT2D eigenvalue weighted by molar-refractivity contribution is -0.119. The number of amides is 1. The Morgan fingerprint density at radius 2 is 2.25 bits per heavy atom. The second kappa shape index (κ2) is 5.11.